The standard InChI is InChI=1S/C9H12N3.Sn/c1-2-6-12(7-3-1)9-8-10-4-5-11-9;/h4-5H,1-3,6-7H2;. The maximum absolute atomic E-state index is 4.39. The van der Waals surface area contributed by atoms with Crippen LogP contribution >= 0.6 is 0 Å². The number of hydrogen-bond acceptors (Lipinski definition) is 3. The summed E-state index contributed by atoms with van der Waals surface area (Å²) in [7, 11) is 0. The molecule has 0 N–H and O–H groups in total. The molecule has 0 bridgehead atoms. The molecule has 0 amide bonds. The zero-order chi connectivity index (χ0) is 9.10. The summed E-state index contributed by atoms with van der Waals surface area (Å²) >= 11 is 1.36. The zero-order valence-corrected chi connectivity index (χ0v) is 10.4. The third kappa shape index (κ3) is 2.13. The molecule has 0 atom stereocenters. The Kier molecular flexibility index (Phi) is 3.03. The molecule has 0 saturated carbocycles. The van der Waals surface area contributed by atoms with Crippen LogP contribution in [-0.4, -0.2) is 45.6 Å². The van der Waals surface area contributed by atoms with Crippen LogP contribution in [0.25, 0.3) is 0 Å². The molecule has 1 aliphatic heterocycles. The van der Waals surface area contributed by atoms with E-state index in [-0.39, 0.29) is 0 Å². The molecule has 3 nitrogen and oxygen atoms in total. The van der Waals surface area contributed by atoms with Gasteiger partial charge in [-0.05, 0) is 0 Å². The van der Waals surface area contributed by atoms with Gasteiger partial charge in [0.05, 0.1) is 0 Å². The van der Waals surface area contributed by atoms with Crippen LogP contribution in [0.1, 0.15) is 19.3 Å². The van der Waals surface area contributed by atoms with Gasteiger partial charge in [-0.25, -0.2) is 0 Å². The Hall–Kier alpha value is -0.321. The van der Waals surface area contributed by atoms with E-state index >= 15 is 0 Å². The summed E-state index contributed by atoms with van der Waals surface area (Å²) in [4.78, 5) is 11.0. The van der Waals surface area contributed by atoms with Gasteiger partial charge in [0.2, 0.25) is 0 Å². The third-order valence-electron chi connectivity index (χ3n) is 2.33. The number of rotatable bonds is 1. The first kappa shape index (κ1) is 9.24. The molecule has 1 fully saturated rings. The van der Waals surface area contributed by atoms with Crippen molar-refractivity contribution < 1.29 is 0 Å². The molecule has 4 heteroatoms. The summed E-state index contributed by atoms with van der Waals surface area (Å²) in [6.07, 6.45) is 7.52. The van der Waals surface area contributed by atoms with Crippen molar-refractivity contribution in [2.75, 3.05) is 18.0 Å². The van der Waals surface area contributed by atoms with Crippen LogP contribution in [0.4, 0.5) is 5.82 Å². The van der Waals surface area contributed by atoms with E-state index < -0.39 is 0 Å². The summed E-state index contributed by atoms with van der Waals surface area (Å²) in [5.41, 5.74) is 0. The molecule has 2 heterocycles. The van der Waals surface area contributed by atoms with E-state index in [0.29, 0.717) is 0 Å². The Balaban J connectivity index is 2.18. The van der Waals surface area contributed by atoms with Crippen molar-refractivity contribution >= 4 is 32.1 Å². The Bertz CT molecular complexity index is 284. The average Bonchev–Trinajstić information content (AvgIpc) is 2.20. The van der Waals surface area contributed by atoms with Crippen molar-refractivity contribution in [1.82, 2.24) is 9.97 Å². The fourth-order valence-corrected chi connectivity index (χ4v) is 2.52. The Labute approximate surface area is 91.7 Å². The molecule has 2 rings (SSSR count). The second-order valence-electron chi connectivity index (χ2n) is 3.28. The van der Waals surface area contributed by atoms with Crippen LogP contribution in [0, 0.1) is 0 Å². The van der Waals surface area contributed by atoms with E-state index in [4.69, 9.17) is 0 Å². The molecular formula is C9H12N3Sn. The first-order chi connectivity index (χ1) is 6.38. The van der Waals surface area contributed by atoms with Gasteiger partial charge in [-0.1, -0.05) is 0 Å². The normalized spacial score (nSPS) is 17.5. The molecular weight excluding hydrogens is 269 g/mol. The zero-order valence-electron chi connectivity index (χ0n) is 7.53. The number of piperidine rings is 1. The minimum atomic E-state index is 1.11. The molecule has 13 heavy (non-hydrogen) atoms. The van der Waals surface area contributed by atoms with Crippen molar-refractivity contribution in [3.63, 3.8) is 0 Å². The van der Waals surface area contributed by atoms with E-state index in [1.165, 1.54) is 41.8 Å². The molecule has 1 aromatic rings. The molecule has 1 saturated heterocycles. The van der Waals surface area contributed by atoms with Gasteiger partial charge in [0.15, 0.2) is 0 Å². The Morgan fingerprint density at radius 1 is 1.08 bits per heavy atom. The van der Waals surface area contributed by atoms with E-state index in [0.717, 1.165) is 22.6 Å². The quantitative estimate of drug-likeness (QED) is 0.691. The maximum atomic E-state index is 4.39. The van der Waals surface area contributed by atoms with Crippen molar-refractivity contribution in [2.24, 2.45) is 0 Å². The van der Waals surface area contributed by atoms with E-state index in [1.54, 1.807) is 12.4 Å². The fraction of sp³-hybridized carbons (Fsp3) is 0.556. The van der Waals surface area contributed by atoms with Crippen LogP contribution in [0.3, 0.4) is 0 Å². The second-order valence-corrected chi connectivity index (χ2v) is 4.63. The summed E-state index contributed by atoms with van der Waals surface area (Å²) in [6, 6.07) is 0. The number of anilines is 1. The first-order valence-corrected chi connectivity index (χ1v) is 6.08. The molecule has 1 aliphatic rings. The third-order valence-corrected chi connectivity index (χ3v) is 3.34. The summed E-state index contributed by atoms with van der Waals surface area (Å²) in [5.74, 6) is 1.11. The molecule has 0 aliphatic carbocycles. The van der Waals surface area contributed by atoms with Crippen molar-refractivity contribution in [2.45, 2.75) is 19.3 Å². The van der Waals surface area contributed by atoms with Crippen molar-refractivity contribution in [3.8, 4) is 0 Å². The van der Waals surface area contributed by atoms with Crippen LogP contribution in [0.5, 0.6) is 0 Å². The van der Waals surface area contributed by atoms with Crippen LogP contribution < -0.4 is 8.61 Å². The molecule has 1 aromatic heterocycles. The van der Waals surface area contributed by atoms with E-state index in [1.807, 2.05) is 0 Å². The van der Waals surface area contributed by atoms with Crippen LogP contribution in [0.15, 0.2) is 12.4 Å². The van der Waals surface area contributed by atoms with Crippen LogP contribution in [-0.2, 0) is 0 Å². The summed E-state index contributed by atoms with van der Waals surface area (Å²) in [6.45, 7) is 2.31. The number of aromatic nitrogens is 2. The monoisotopic (exact) mass is 282 g/mol. The molecule has 3 radical (unpaired) electrons. The van der Waals surface area contributed by atoms with Gasteiger partial charge in [-0.3, -0.25) is 0 Å². The summed E-state index contributed by atoms with van der Waals surface area (Å²) < 4.78 is 1.14. The average molecular weight is 281 g/mol. The van der Waals surface area contributed by atoms with Crippen LogP contribution in [0.2, 0.25) is 0 Å². The molecule has 67 valence electrons. The number of nitrogens with zero attached hydrogens (tertiary/aromatic N) is 3. The number of hydrogen-bond donors (Lipinski definition) is 0. The van der Waals surface area contributed by atoms with E-state index in [2.05, 4.69) is 14.9 Å². The Morgan fingerprint density at radius 2 is 1.77 bits per heavy atom. The Morgan fingerprint density at radius 3 is 2.46 bits per heavy atom. The SMILES string of the molecule is [Sn][c]1nccnc1N1CCCCC1. The van der Waals surface area contributed by atoms with Gasteiger partial charge in [0.1, 0.15) is 0 Å². The van der Waals surface area contributed by atoms with Gasteiger partial charge < -0.3 is 0 Å². The van der Waals surface area contributed by atoms with Crippen molar-refractivity contribution in [3.05, 3.63) is 12.4 Å². The molecule has 0 spiro atoms. The fourth-order valence-electron chi connectivity index (χ4n) is 1.67. The van der Waals surface area contributed by atoms with Gasteiger partial charge in [0, 0.05) is 0 Å². The first-order valence-electron chi connectivity index (χ1n) is 4.65. The minimum absolute atomic E-state index is 1.11. The second kappa shape index (κ2) is 4.26. The van der Waals surface area contributed by atoms with Gasteiger partial charge in [0.25, 0.3) is 0 Å². The van der Waals surface area contributed by atoms with Gasteiger partial charge in [-0.2, -0.15) is 0 Å². The predicted octanol–water partition coefficient (Wildman–Crippen LogP) is 0.261. The topological polar surface area (TPSA) is 29.0 Å². The van der Waals surface area contributed by atoms with Gasteiger partial charge >= 0.3 is 91.7 Å². The predicted molar refractivity (Wildman–Crippen MR) is 53.5 cm³/mol. The molecule has 0 unspecified atom stereocenters. The summed E-state index contributed by atoms with van der Waals surface area (Å²) in [5, 5.41) is 0. The van der Waals surface area contributed by atoms with Crippen molar-refractivity contribution in [1.29, 1.82) is 0 Å². The van der Waals surface area contributed by atoms with Gasteiger partial charge in [-0.15, -0.1) is 0 Å². The molecule has 0 aromatic carbocycles. The van der Waals surface area contributed by atoms with E-state index in [9.17, 15) is 0 Å².